The van der Waals surface area contributed by atoms with Gasteiger partial charge >= 0.3 is 0 Å². The van der Waals surface area contributed by atoms with Gasteiger partial charge in [0.05, 0.1) is 7.11 Å². The van der Waals surface area contributed by atoms with Gasteiger partial charge in [-0.1, -0.05) is 15.9 Å². The minimum absolute atomic E-state index is 0.0358. The first kappa shape index (κ1) is 12.1. The van der Waals surface area contributed by atoms with Crippen molar-refractivity contribution in [1.29, 1.82) is 0 Å². The molecule has 0 unspecified atom stereocenters. The Balaban J connectivity index is 2.62. The molecule has 0 aliphatic heterocycles. The first-order valence-electron chi connectivity index (χ1n) is 4.49. The van der Waals surface area contributed by atoms with Crippen LogP contribution in [0.4, 0.5) is 0 Å². The van der Waals surface area contributed by atoms with Crippen molar-refractivity contribution in [3.8, 4) is 5.75 Å². The van der Waals surface area contributed by atoms with E-state index in [1.54, 1.807) is 12.1 Å². The van der Waals surface area contributed by atoms with E-state index in [1.807, 2.05) is 0 Å². The monoisotopic (exact) mass is 317 g/mol. The fourth-order valence-electron chi connectivity index (χ4n) is 1.28. The lowest BCUT2D eigenvalue weighted by molar-refractivity contribution is 0.402. The van der Waals surface area contributed by atoms with E-state index in [9.17, 15) is 8.42 Å². The molecule has 8 heteroatoms. The minimum atomic E-state index is -3.76. The number of aromatic nitrogens is 3. The molecule has 0 aliphatic rings. The molecule has 0 saturated carbocycles. The molecule has 6 nitrogen and oxygen atoms in total. The number of methoxy groups -OCH3 is 1. The van der Waals surface area contributed by atoms with E-state index in [2.05, 4.69) is 26.0 Å². The Morgan fingerprint density at radius 1 is 1.41 bits per heavy atom. The highest BCUT2D eigenvalue weighted by molar-refractivity contribution is 9.10. The van der Waals surface area contributed by atoms with Gasteiger partial charge in [-0.2, -0.15) is 8.42 Å². The molecule has 0 N–H and O–H groups in total. The lowest BCUT2D eigenvalue weighted by atomic mass is 10.3. The number of hydrogen-bond acceptors (Lipinski definition) is 5. The third-order valence-corrected chi connectivity index (χ3v) is 4.11. The van der Waals surface area contributed by atoms with Crippen molar-refractivity contribution in [2.24, 2.45) is 0 Å². The second-order valence-corrected chi connectivity index (χ2v) is 5.75. The molecule has 1 aromatic carbocycles. The lowest BCUT2D eigenvalue weighted by Gasteiger charge is -2.09. The maximum absolute atomic E-state index is 12.2. The van der Waals surface area contributed by atoms with Gasteiger partial charge in [-0.3, -0.25) is 0 Å². The maximum Gasteiger partial charge on any atom is 0.288 e. The minimum Gasteiger partial charge on any atom is -0.495 e. The molecule has 0 saturated heterocycles. The summed E-state index contributed by atoms with van der Waals surface area (Å²) >= 11 is 3.24. The summed E-state index contributed by atoms with van der Waals surface area (Å²) in [6.07, 6.45) is 2.28. The quantitative estimate of drug-likeness (QED) is 0.852. The molecule has 90 valence electrons. The predicted molar refractivity (Wildman–Crippen MR) is 63.3 cm³/mol. The third kappa shape index (κ3) is 2.18. The van der Waals surface area contributed by atoms with Gasteiger partial charge in [0.15, 0.2) is 0 Å². The third-order valence-electron chi connectivity index (χ3n) is 2.05. The largest absolute Gasteiger partial charge is 0.495 e. The molecule has 17 heavy (non-hydrogen) atoms. The summed E-state index contributed by atoms with van der Waals surface area (Å²) in [4.78, 5) is 3.65. The van der Waals surface area contributed by atoms with Crippen LogP contribution in [0.25, 0.3) is 0 Å². The molecule has 2 rings (SSSR count). The molecule has 0 radical (unpaired) electrons. The number of nitrogens with zero attached hydrogens (tertiary/aromatic N) is 3. The van der Waals surface area contributed by atoms with E-state index in [4.69, 9.17) is 4.74 Å². The summed E-state index contributed by atoms with van der Waals surface area (Å²) in [7, 11) is -2.35. The van der Waals surface area contributed by atoms with E-state index in [-0.39, 0.29) is 10.6 Å². The average molecular weight is 318 g/mol. The smallest absolute Gasteiger partial charge is 0.288 e. The van der Waals surface area contributed by atoms with Gasteiger partial charge in [0.1, 0.15) is 23.3 Å². The van der Waals surface area contributed by atoms with E-state index < -0.39 is 10.0 Å². The van der Waals surface area contributed by atoms with Gasteiger partial charge in [-0.25, -0.2) is 4.98 Å². The molecule has 0 aliphatic carbocycles. The van der Waals surface area contributed by atoms with Crippen LogP contribution in [0, 0.1) is 0 Å². The Labute approximate surface area is 106 Å². The van der Waals surface area contributed by atoms with Crippen LogP contribution in [-0.2, 0) is 10.0 Å². The Morgan fingerprint density at radius 2 is 2.18 bits per heavy atom. The first-order chi connectivity index (χ1) is 8.05. The number of benzene rings is 1. The molecule has 1 aromatic heterocycles. The molecule has 0 spiro atoms. The standard InChI is InChI=1S/C9H8BrN3O3S/c1-16-8-4-7(10)2-3-9(8)17(14,15)13-6-11-5-12-13/h2-6H,1H3. The Kier molecular flexibility index (Phi) is 3.16. The highest BCUT2D eigenvalue weighted by Crippen LogP contribution is 2.28. The second kappa shape index (κ2) is 4.46. The number of hydrogen-bond donors (Lipinski definition) is 0. The summed E-state index contributed by atoms with van der Waals surface area (Å²) < 4.78 is 30.9. The van der Waals surface area contributed by atoms with Crippen LogP contribution in [0.1, 0.15) is 0 Å². The van der Waals surface area contributed by atoms with Gasteiger partial charge in [-0.05, 0) is 18.2 Å². The zero-order chi connectivity index (χ0) is 12.5. The van der Waals surface area contributed by atoms with Gasteiger partial charge in [0.2, 0.25) is 0 Å². The van der Waals surface area contributed by atoms with E-state index in [0.29, 0.717) is 0 Å². The van der Waals surface area contributed by atoms with Crippen LogP contribution in [0.2, 0.25) is 0 Å². The van der Waals surface area contributed by atoms with Gasteiger partial charge in [0, 0.05) is 4.47 Å². The Bertz CT molecular complexity index is 625. The number of ether oxygens (including phenoxy) is 1. The average Bonchev–Trinajstić information content (AvgIpc) is 2.82. The van der Waals surface area contributed by atoms with Crippen LogP contribution >= 0.6 is 15.9 Å². The molecule has 0 bridgehead atoms. The number of halogens is 1. The fraction of sp³-hybridized carbons (Fsp3) is 0.111. The van der Waals surface area contributed by atoms with Gasteiger partial charge < -0.3 is 4.74 Å². The van der Waals surface area contributed by atoms with Crippen LogP contribution in [0.3, 0.4) is 0 Å². The van der Waals surface area contributed by atoms with Gasteiger partial charge in [0.25, 0.3) is 10.0 Å². The van der Waals surface area contributed by atoms with E-state index >= 15 is 0 Å². The molecule has 0 atom stereocenters. The van der Waals surface area contributed by atoms with E-state index in [0.717, 1.165) is 21.2 Å². The van der Waals surface area contributed by atoms with Crippen LogP contribution in [-0.4, -0.2) is 29.7 Å². The van der Waals surface area contributed by atoms with Crippen LogP contribution < -0.4 is 4.74 Å². The second-order valence-electron chi connectivity index (χ2n) is 3.07. The maximum atomic E-state index is 12.2. The van der Waals surface area contributed by atoms with Crippen molar-refractivity contribution in [2.45, 2.75) is 4.90 Å². The Morgan fingerprint density at radius 3 is 2.76 bits per heavy atom. The lowest BCUT2D eigenvalue weighted by Crippen LogP contribution is -2.14. The molecule has 2 aromatic rings. The molecule has 0 amide bonds. The molecule has 1 heterocycles. The predicted octanol–water partition coefficient (Wildman–Crippen LogP) is 1.29. The summed E-state index contributed by atoms with van der Waals surface area (Å²) in [6.45, 7) is 0. The van der Waals surface area contributed by atoms with Crippen molar-refractivity contribution in [1.82, 2.24) is 14.2 Å². The molecular weight excluding hydrogens is 310 g/mol. The fourth-order valence-corrected chi connectivity index (χ4v) is 2.80. The normalized spacial score (nSPS) is 11.4. The first-order valence-corrected chi connectivity index (χ1v) is 6.73. The summed E-state index contributed by atoms with van der Waals surface area (Å²) in [5.74, 6) is 0.245. The summed E-state index contributed by atoms with van der Waals surface area (Å²) in [5, 5.41) is 3.61. The summed E-state index contributed by atoms with van der Waals surface area (Å²) in [6, 6.07) is 4.63. The van der Waals surface area contributed by atoms with Crippen molar-refractivity contribution in [3.63, 3.8) is 0 Å². The highest BCUT2D eigenvalue weighted by Gasteiger charge is 2.22. The van der Waals surface area contributed by atoms with Crippen LogP contribution in [0.5, 0.6) is 5.75 Å². The van der Waals surface area contributed by atoms with Crippen molar-refractivity contribution < 1.29 is 13.2 Å². The molecule has 0 fully saturated rings. The topological polar surface area (TPSA) is 74.1 Å². The SMILES string of the molecule is COc1cc(Br)ccc1S(=O)(=O)n1cncn1. The molecular formula is C9H8BrN3O3S. The highest BCUT2D eigenvalue weighted by atomic mass is 79.9. The number of rotatable bonds is 3. The van der Waals surface area contributed by atoms with Crippen molar-refractivity contribution >= 4 is 26.0 Å². The van der Waals surface area contributed by atoms with E-state index in [1.165, 1.54) is 13.2 Å². The van der Waals surface area contributed by atoms with Crippen molar-refractivity contribution in [3.05, 3.63) is 35.3 Å². The summed E-state index contributed by atoms with van der Waals surface area (Å²) in [5.41, 5.74) is 0. The zero-order valence-electron chi connectivity index (χ0n) is 8.74. The zero-order valence-corrected chi connectivity index (χ0v) is 11.1. The Hall–Kier alpha value is -1.41. The van der Waals surface area contributed by atoms with Gasteiger partial charge in [-0.15, -0.1) is 9.19 Å². The van der Waals surface area contributed by atoms with Crippen molar-refractivity contribution in [2.75, 3.05) is 7.11 Å². The van der Waals surface area contributed by atoms with Crippen LogP contribution in [0.15, 0.2) is 40.2 Å².